The van der Waals surface area contributed by atoms with Gasteiger partial charge in [0.05, 0.1) is 5.56 Å². The van der Waals surface area contributed by atoms with Crippen LogP contribution in [0.4, 0.5) is 11.5 Å². The van der Waals surface area contributed by atoms with Gasteiger partial charge < -0.3 is 16.4 Å². The standard InChI is InChI=1S/C15H18N4O/c1-2-19(10-11-3-6-13(16)7-4-11)14-8-5-12(9-18-14)15(17)20/h3-9H,2,10,16H2,1H3,(H2,17,20). The first-order chi connectivity index (χ1) is 9.60. The van der Waals surface area contributed by atoms with Crippen LogP contribution in [0.3, 0.4) is 0 Å². The SMILES string of the molecule is CCN(Cc1ccc(N)cc1)c1ccc(C(N)=O)cn1. The molecule has 4 N–H and O–H groups in total. The molecule has 0 atom stereocenters. The maximum atomic E-state index is 11.0. The second kappa shape index (κ2) is 6.06. The first kappa shape index (κ1) is 13.9. The Kier molecular flexibility index (Phi) is 4.20. The number of pyridine rings is 1. The Labute approximate surface area is 118 Å². The van der Waals surface area contributed by atoms with E-state index in [9.17, 15) is 4.79 Å². The molecule has 5 heteroatoms. The summed E-state index contributed by atoms with van der Waals surface area (Å²) in [4.78, 5) is 17.4. The van der Waals surface area contributed by atoms with Crippen molar-refractivity contribution >= 4 is 17.4 Å². The maximum absolute atomic E-state index is 11.0. The van der Waals surface area contributed by atoms with Crippen LogP contribution in [0.25, 0.3) is 0 Å². The summed E-state index contributed by atoms with van der Waals surface area (Å²) in [7, 11) is 0. The molecule has 0 fully saturated rings. The van der Waals surface area contributed by atoms with Gasteiger partial charge in [0, 0.05) is 25.0 Å². The number of amides is 1. The van der Waals surface area contributed by atoms with Crippen LogP contribution in [0.5, 0.6) is 0 Å². The lowest BCUT2D eigenvalue weighted by molar-refractivity contribution is 0.1000. The molecule has 0 radical (unpaired) electrons. The van der Waals surface area contributed by atoms with E-state index in [1.165, 1.54) is 6.20 Å². The number of benzene rings is 1. The molecule has 0 saturated carbocycles. The molecule has 1 aromatic carbocycles. The molecule has 2 aromatic rings. The van der Waals surface area contributed by atoms with Crippen molar-refractivity contribution in [1.29, 1.82) is 0 Å². The van der Waals surface area contributed by atoms with Gasteiger partial charge >= 0.3 is 0 Å². The number of aromatic nitrogens is 1. The molecule has 0 bridgehead atoms. The molecule has 0 aliphatic rings. The number of hydrogen-bond acceptors (Lipinski definition) is 4. The largest absolute Gasteiger partial charge is 0.399 e. The van der Waals surface area contributed by atoms with E-state index in [4.69, 9.17) is 11.5 Å². The van der Waals surface area contributed by atoms with E-state index in [-0.39, 0.29) is 0 Å². The van der Waals surface area contributed by atoms with Gasteiger partial charge in [-0.25, -0.2) is 4.98 Å². The molecule has 0 unspecified atom stereocenters. The van der Waals surface area contributed by atoms with Crippen LogP contribution in [-0.4, -0.2) is 17.4 Å². The van der Waals surface area contributed by atoms with Gasteiger partial charge in [0.15, 0.2) is 0 Å². The molecule has 0 aliphatic carbocycles. The van der Waals surface area contributed by atoms with E-state index < -0.39 is 5.91 Å². The third-order valence-electron chi connectivity index (χ3n) is 3.09. The third-order valence-corrected chi connectivity index (χ3v) is 3.09. The predicted molar refractivity (Wildman–Crippen MR) is 80.3 cm³/mol. The van der Waals surface area contributed by atoms with Crippen LogP contribution in [0, 0.1) is 0 Å². The van der Waals surface area contributed by atoms with Crippen molar-refractivity contribution in [3.8, 4) is 0 Å². The fourth-order valence-electron chi connectivity index (χ4n) is 1.92. The zero-order chi connectivity index (χ0) is 14.5. The smallest absolute Gasteiger partial charge is 0.250 e. The third kappa shape index (κ3) is 3.26. The van der Waals surface area contributed by atoms with Gasteiger partial charge in [-0.05, 0) is 36.8 Å². The number of nitrogens with zero attached hydrogens (tertiary/aromatic N) is 2. The summed E-state index contributed by atoms with van der Waals surface area (Å²) < 4.78 is 0. The first-order valence-corrected chi connectivity index (χ1v) is 6.45. The minimum Gasteiger partial charge on any atom is -0.399 e. The molecule has 20 heavy (non-hydrogen) atoms. The predicted octanol–water partition coefficient (Wildman–Crippen LogP) is 1.79. The van der Waals surface area contributed by atoms with Gasteiger partial charge in [0.2, 0.25) is 5.91 Å². The van der Waals surface area contributed by atoms with E-state index in [1.807, 2.05) is 24.3 Å². The highest BCUT2D eigenvalue weighted by molar-refractivity contribution is 5.92. The van der Waals surface area contributed by atoms with Gasteiger partial charge in [0.25, 0.3) is 0 Å². The zero-order valence-corrected chi connectivity index (χ0v) is 11.4. The summed E-state index contributed by atoms with van der Waals surface area (Å²) in [6.07, 6.45) is 1.50. The van der Waals surface area contributed by atoms with E-state index >= 15 is 0 Å². The number of hydrogen-bond donors (Lipinski definition) is 2. The fourth-order valence-corrected chi connectivity index (χ4v) is 1.92. The Morgan fingerprint density at radius 1 is 1.20 bits per heavy atom. The van der Waals surface area contributed by atoms with Crippen molar-refractivity contribution in [1.82, 2.24) is 4.98 Å². The van der Waals surface area contributed by atoms with Crippen LogP contribution in [0.1, 0.15) is 22.8 Å². The van der Waals surface area contributed by atoms with Crippen LogP contribution >= 0.6 is 0 Å². The molecule has 0 saturated heterocycles. The second-order valence-electron chi connectivity index (χ2n) is 4.53. The number of carbonyl (C=O) groups excluding carboxylic acids is 1. The number of carbonyl (C=O) groups is 1. The normalized spacial score (nSPS) is 10.2. The van der Waals surface area contributed by atoms with Crippen molar-refractivity contribution < 1.29 is 4.79 Å². The molecule has 1 heterocycles. The average Bonchev–Trinajstić information content (AvgIpc) is 2.47. The number of nitrogen functional groups attached to an aromatic ring is 1. The van der Waals surface area contributed by atoms with Crippen molar-refractivity contribution in [3.05, 3.63) is 53.7 Å². The van der Waals surface area contributed by atoms with Crippen LogP contribution < -0.4 is 16.4 Å². The summed E-state index contributed by atoms with van der Waals surface area (Å²) in [6, 6.07) is 11.3. The van der Waals surface area contributed by atoms with Crippen LogP contribution in [0.15, 0.2) is 42.6 Å². The average molecular weight is 270 g/mol. The van der Waals surface area contributed by atoms with Crippen molar-refractivity contribution in [2.45, 2.75) is 13.5 Å². The minimum absolute atomic E-state index is 0.414. The summed E-state index contributed by atoms with van der Waals surface area (Å²) in [6.45, 7) is 3.61. The van der Waals surface area contributed by atoms with Gasteiger partial charge in [-0.15, -0.1) is 0 Å². The lowest BCUT2D eigenvalue weighted by Crippen LogP contribution is -2.23. The molecule has 0 aliphatic heterocycles. The number of rotatable bonds is 5. The molecule has 0 spiro atoms. The zero-order valence-electron chi connectivity index (χ0n) is 11.4. The summed E-state index contributed by atoms with van der Waals surface area (Å²) in [5.74, 6) is 0.347. The Morgan fingerprint density at radius 2 is 1.90 bits per heavy atom. The number of nitrogens with two attached hydrogens (primary N) is 2. The summed E-state index contributed by atoms with van der Waals surface area (Å²) >= 11 is 0. The van der Waals surface area contributed by atoms with Gasteiger partial charge in [-0.1, -0.05) is 12.1 Å². The lowest BCUT2D eigenvalue weighted by Gasteiger charge is -2.22. The van der Waals surface area contributed by atoms with E-state index in [0.29, 0.717) is 5.56 Å². The monoisotopic (exact) mass is 270 g/mol. The van der Waals surface area contributed by atoms with E-state index in [2.05, 4.69) is 16.8 Å². The summed E-state index contributed by atoms with van der Waals surface area (Å²) in [5, 5.41) is 0. The molecular weight excluding hydrogens is 252 g/mol. The lowest BCUT2D eigenvalue weighted by atomic mass is 10.2. The highest BCUT2D eigenvalue weighted by atomic mass is 16.1. The highest BCUT2D eigenvalue weighted by Crippen LogP contribution is 2.15. The van der Waals surface area contributed by atoms with Gasteiger partial charge in [-0.2, -0.15) is 0 Å². The summed E-state index contributed by atoms with van der Waals surface area (Å²) in [5.41, 5.74) is 13.2. The highest BCUT2D eigenvalue weighted by Gasteiger charge is 2.08. The Hall–Kier alpha value is -2.56. The second-order valence-corrected chi connectivity index (χ2v) is 4.53. The Balaban J connectivity index is 2.15. The first-order valence-electron chi connectivity index (χ1n) is 6.45. The molecule has 1 aromatic heterocycles. The molecule has 1 amide bonds. The molecule has 5 nitrogen and oxygen atoms in total. The topological polar surface area (TPSA) is 85.2 Å². The van der Waals surface area contributed by atoms with Crippen LogP contribution in [0.2, 0.25) is 0 Å². The molecule has 2 rings (SSSR count). The van der Waals surface area contributed by atoms with Crippen molar-refractivity contribution in [2.75, 3.05) is 17.2 Å². The Morgan fingerprint density at radius 3 is 2.40 bits per heavy atom. The van der Waals surface area contributed by atoms with Gasteiger partial charge in [0.1, 0.15) is 5.82 Å². The fraction of sp³-hybridized carbons (Fsp3) is 0.200. The quantitative estimate of drug-likeness (QED) is 0.811. The molecular formula is C15H18N4O. The van der Waals surface area contributed by atoms with Crippen molar-refractivity contribution in [3.63, 3.8) is 0 Å². The molecule has 104 valence electrons. The van der Waals surface area contributed by atoms with Crippen molar-refractivity contribution in [2.24, 2.45) is 5.73 Å². The number of anilines is 2. The van der Waals surface area contributed by atoms with E-state index in [0.717, 1.165) is 30.2 Å². The maximum Gasteiger partial charge on any atom is 0.250 e. The number of primary amides is 1. The van der Waals surface area contributed by atoms with E-state index in [1.54, 1.807) is 12.1 Å². The van der Waals surface area contributed by atoms with Crippen LogP contribution in [-0.2, 0) is 6.54 Å². The minimum atomic E-state index is -0.467. The Bertz CT molecular complexity index is 578. The van der Waals surface area contributed by atoms with Gasteiger partial charge in [-0.3, -0.25) is 4.79 Å².